The molecule has 26 heavy (non-hydrogen) atoms. The fourth-order valence-electron chi connectivity index (χ4n) is 2.52. The van der Waals surface area contributed by atoms with Crippen molar-refractivity contribution in [1.82, 2.24) is 25.2 Å². The largest absolute Gasteiger partial charge is 0.359 e. The van der Waals surface area contributed by atoms with Gasteiger partial charge in [-0.15, -0.1) is 0 Å². The zero-order chi connectivity index (χ0) is 18.8. The van der Waals surface area contributed by atoms with Crippen molar-refractivity contribution in [3.05, 3.63) is 52.2 Å². The van der Waals surface area contributed by atoms with E-state index in [0.29, 0.717) is 17.1 Å². The van der Waals surface area contributed by atoms with Gasteiger partial charge in [-0.05, 0) is 47.0 Å². The number of rotatable bonds is 5. The fourth-order valence-corrected chi connectivity index (χ4v) is 2.88. The Kier molecular flexibility index (Phi) is 5.22. The fraction of sp³-hybridized carbons (Fsp3) is 0.333. The summed E-state index contributed by atoms with van der Waals surface area (Å²) in [5.41, 5.74) is 2.97. The molecule has 0 saturated carbocycles. The van der Waals surface area contributed by atoms with Crippen LogP contribution in [0.3, 0.4) is 0 Å². The van der Waals surface area contributed by atoms with Gasteiger partial charge in [0.05, 0.1) is 11.7 Å². The number of nitrogens with zero attached hydrogens (tertiary/aromatic N) is 4. The molecule has 0 aromatic carbocycles. The lowest BCUT2D eigenvalue weighted by Crippen LogP contribution is -2.28. The maximum absolute atomic E-state index is 12.6. The molecule has 136 valence electrons. The van der Waals surface area contributed by atoms with E-state index in [9.17, 15) is 4.79 Å². The molecule has 3 aromatic rings. The monoisotopic (exact) mass is 417 g/mol. The van der Waals surface area contributed by atoms with Gasteiger partial charge < -0.3 is 9.84 Å². The van der Waals surface area contributed by atoms with Gasteiger partial charge in [-0.1, -0.05) is 19.0 Å². The van der Waals surface area contributed by atoms with E-state index in [1.54, 1.807) is 17.9 Å². The van der Waals surface area contributed by atoms with Crippen LogP contribution in [-0.4, -0.2) is 25.8 Å². The summed E-state index contributed by atoms with van der Waals surface area (Å²) in [5, 5.41) is 11.4. The Hall–Kier alpha value is -2.48. The topological polar surface area (TPSA) is 85.8 Å². The van der Waals surface area contributed by atoms with Gasteiger partial charge in [-0.3, -0.25) is 9.48 Å². The maximum Gasteiger partial charge on any atom is 0.270 e. The number of carbonyl (C=O) groups excluding carboxylic acids is 1. The number of aryl methyl sites for hydroxylation is 1. The average Bonchev–Trinajstić information content (AvgIpc) is 3.21. The number of aromatic nitrogens is 4. The third-order valence-electron chi connectivity index (χ3n) is 4.05. The molecule has 0 aliphatic heterocycles. The summed E-state index contributed by atoms with van der Waals surface area (Å²) in [5.74, 6) is 0.633. The van der Waals surface area contributed by atoms with Gasteiger partial charge in [0.15, 0.2) is 5.76 Å². The first-order valence-corrected chi connectivity index (χ1v) is 9.07. The molecule has 0 fully saturated rings. The number of halogens is 1. The molecule has 7 nitrogen and oxygen atoms in total. The van der Waals surface area contributed by atoms with Gasteiger partial charge in [-0.2, -0.15) is 5.10 Å². The number of amides is 1. The lowest BCUT2D eigenvalue weighted by Gasteiger charge is -2.10. The molecule has 8 heteroatoms. The van der Waals surface area contributed by atoms with Gasteiger partial charge in [0.1, 0.15) is 16.0 Å². The number of carbonyl (C=O) groups is 1. The van der Waals surface area contributed by atoms with Crippen molar-refractivity contribution in [2.24, 2.45) is 7.05 Å². The predicted molar refractivity (Wildman–Crippen MR) is 101 cm³/mol. The number of hydrogen-bond donors (Lipinski definition) is 1. The molecular weight excluding hydrogens is 398 g/mol. The highest BCUT2D eigenvalue weighted by Crippen LogP contribution is 2.24. The first kappa shape index (κ1) is 18.3. The van der Waals surface area contributed by atoms with Crippen molar-refractivity contribution < 1.29 is 9.32 Å². The molecule has 0 radical (unpaired) electrons. The van der Waals surface area contributed by atoms with Crippen molar-refractivity contribution in [3.63, 3.8) is 0 Å². The summed E-state index contributed by atoms with van der Waals surface area (Å²) in [6, 6.07) is 7.00. The van der Waals surface area contributed by atoms with E-state index >= 15 is 0 Å². The Morgan fingerprint density at radius 3 is 2.69 bits per heavy atom. The summed E-state index contributed by atoms with van der Waals surface area (Å²) >= 11 is 3.34. The van der Waals surface area contributed by atoms with Crippen molar-refractivity contribution in [1.29, 1.82) is 0 Å². The smallest absolute Gasteiger partial charge is 0.270 e. The second-order valence-corrected chi connectivity index (χ2v) is 7.22. The summed E-state index contributed by atoms with van der Waals surface area (Å²) in [6.07, 6.45) is 1.69. The molecule has 1 unspecified atom stereocenters. The Morgan fingerprint density at radius 1 is 1.27 bits per heavy atom. The van der Waals surface area contributed by atoms with Crippen LogP contribution < -0.4 is 5.32 Å². The molecule has 0 aliphatic rings. The Morgan fingerprint density at radius 2 is 2.04 bits per heavy atom. The van der Waals surface area contributed by atoms with Crippen LogP contribution in [0.25, 0.3) is 11.3 Å². The number of hydrogen-bond acceptors (Lipinski definition) is 5. The Balaban J connectivity index is 1.74. The van der Waals surface area contributed by atoms with Crippen LogP contribution in [0, 0.1) is 0 Å². The predicted octanol–water partition coefficient (Wildman–Crippen LogP) is 3.85. The van der Waals surface area contributed by atoms with E-state index in [1.807, 2.05) is 45.0 Å². The Labute approximate surface area is 159 Å². The molecule has 0 spiro atoms. The van der Waals surface area contributed by atoms with E-state index in [2.05, 4.69) is 36.5 Å². The third kappa shape index (κ3) is 3.85. The first-order valence-electron chi connectivity index (χ1n) is 8.28. The number of pyridine rings is 1. The van der Waals surface area contributed by atoms with Crippen molar-refractivity contribution in [2.45, 2.75) is 32.7 Å². The highest BCUT2D eigenvalue weighted by Gasteiger charge is 2.20. The molecule has 3 rings (SSSR count). The highest BCUT2D eigenvalue weighted by molar-refractivity contribution is 9.10. The molecule has 3 heterocycles. The van der Waals surface area contributed by atoms with Crippen LogP contribution in [0.15, 0.2) is 39.6 Å². The van der Waals surface area contributed by atoms with Crippen LogP contribution in [0.5, 0.6) is 0 Å². The van der Waals surface area contributed by atoms with Gasteiger partial charge >= 0.3 is 0 Å². The number of nitrogens with one attached hydrogen (secondary N) is 1. The SMILES string of the molecule is CC(C)c1cc(C(=O)NC(C)c2cc(-c3ccnc(Br)c3)no2)n(C)n1. The second-order valence-electron chi connectivity index (χ2n) is 6.41. The summed E-state index contributed by atoms with van der Waals surface area (Å²) in [6.45, 7) is 5.94. The Bertz CT molecular complexity index is 931. The molecular formula is C18H20BrN5O2. The molecule has 0 aliphatic carbocycles. The molecule has 0 saturated heterocycles. The van der Waals surface area contributed by atoms with Crippen LogP contribution in [-0.2, 0) is 7.05 Å². The molecule has 1 amide bonds. The lowest BCUT2D eigenvalue weighted by atomic mass is 10.1. The van der Waals surface area contributed by atoms with Gasteiger partial charge in [0.25, 0.3) is 5.91 Å². The van der Waals surface area contributed by atoms with Crippen LogP contribution in [0.2, 0.25) is 0 Å². The van der Waals surface area contributed by atoms with Crippen molar-refractivity contribution in [2.75, 3.05) is 0 Å². The van der Waals surface area contributed by atoms with E-state index in [-0.39, 0.29) is 17.9 Å². The summed E-state index contributed by atoms with van der Waals surface area (Å²) in [4.78, 5) is 16.7. The van der Waals surface area contributed by atoms with Gasteiger partial charge in [0, 0.05) is 24.9 Å². The zero-order valence-corrected chi connectivity index (χ0v) is 16.6. The lowest BCUT2D eigenvalue weighted by molar-refractivity contribution is 0.0924. The van der Waals surface area contributed by atoms with E-state index < -0.39 is 0 Å². The van der Waals surface area contributed by atoms with E-state index in [0.717, 1.165) is 15.9 Å². The molecule has 3 aromatic heterocycles. The van der Waals surface area contributed by atoms with Gasteiger partial charge in [0.2, 0.25) is 0 Å². The molecule has 0 bridgehead atoms. The molecule has 1 N–H and O–H groups in total. The second kappa shape index (κ2) is 7.41. The maximum atomic E-state index is 12.6. The van der Waals surface area contributed by atoms with E-state index in [4.69, 9.17) is 4.52 Å². The zero-order valence-electron chi connectivity index (χ0n) is 15.0. The summed E-state index contributed by atoms with van der Waals surface area (Å²) in [7, 11) is 1.76. The molecule has 1 atom stereocenters. The average molecular weight is 418 g/mol. The van der Waals surface area contributed by atoms with Crippen LogP contribution in [0.4, 0.5) is 0 Å². The third-order valence-corrected chi connectivity index (χ3v) is 4.48. The van der Waals surface area contributed by atoms with Crippen molar-refractivity contribution >= 4 is 21.8 Å². The minimum absolute atomic E-state index is 0.205. The van der Waals surface area contributed by atoms with Crippen LogP contribution >= 0.6 is 15.9 Å². The quantitative estimate of drug-likeness (QED) is 0.637. The van der Waals surface area contributed by atoms with Gasteiger partial charge in [-0.25, -0.2) is 4.98 Å². The summed E-state index contributed by atoms with van der Waals surface area (Å²) < 4.78 is 7.72. The van der Waals surface area contributed by atoms with Crippen LogP contribution in [0.1, 0.15) is 54.7 Å². The normalized spacial score (nSPS) is 12.4. The first-order chi connectivity index (χ1) is 12.3. The van der Waals surface area contributed by atoms with Crippen molar-refractivity contribution in [3.8, 4) is 11.3 Å². The standard InChI is InChI=1S/C18H20BrN5O2/c1-10(2)13-8-15(24(4)22-13)18(25)21-11(3)16-9-14(23-26-16)12-5-6-20-17(19)7-12/h5-11H,1-4H3,(H,21,25). The highest BCUT2D eigenvalue weighted by atomic mass is 79.9. The minimum Gasteiger partial charge on any atom is -0.359 e. The minimum atomic E-state index is -0.327. The van der Waals surface area contributed by atoms with E-state index in [1.165, 1.54) is 0 Å².